The molecule has 0 aromatic carbocycles. The van der Waals surface area contributed by atoms with E-state index in [4.69, 9.17) is 4.74 Å². The number of methoxy groups -OCH3 is 1. The Morgan fingerprint density at radius 3 is 2.38 bits per heavy atom. The van der Waals surface area contributed by atoms with Gasteiger partial charge >= 0.3 is 0 Å². The molecular weight excluding hydrogens is 172 g/mol. The van der Waals surface area contributed by atoms with Crippen molar-refractivity contribution in [1.82, 2.24) is 9.80 Å². The first-order valence-electron chi connectivity index (χ1n) is 3.77. The number of piperazine rings is 1. The monoisotopic (exact) mass is 184 g/mol. The standard InChI is InChI=1S/C8H12N2O3/c1-5-6(11)10(3)8(13-4)7(12)9(5)2/h8H,1H2,2-4H3. The van der Waals surface area contributed by atoms with Crippen LogP contribution in [0.25, 0.3) is 0 Å². The molecule has 0 bridgehead atoms. The fourth-order valence-corrected chi connectivity index (χ4v) is 1.18. The number of carbonyl (C=O) groups is 2. The van der Waals surface area contributed by atoms with Crippen molar-refractivity contribution in [1.29, 1.82) is 0 Å². The van der Waals surface area contributed by atoms with Gasteiger partial charge in [-0.05, 0) is 0 Å². The molecule has 0 aromatic rings. The Hall–Kier alpha value is -1.36. The Kier molecular flexibility index (Phi) is 2.38. The van der Waals surface area contributed by atoms with Gasteiger partial charge in [0.15, 0.2) is 0 Å². The molecule has 0 spiro atoms. The average molecular weight is 184 g/mol. The minimum absolute atomic E-state index is 0.167. The molecule has 0 aliphatic carbocycles. The van der Waals surface area contributed by atoms with E-state index in [2.05, 4.69) is 6.58 Å². The van der Waals surface area contributed by atoms with Gasteiger partial charge in [-0.3, -0.25) is 9.59 Å². The molecule has 1 rings (SSSR count). The predicted molar refractivity (Wildman–Crippen MR) is 45.5 cm³/mol. The van der Waals surface area contributed by atoms with Crippen LogP contribution in [0.1, 0.15) is 0 Å². The molecule has 0 N–H and O–H groups in total. The number of carbonyl (C=O) groups excluding carboxylic acids is 2. The minimum Gasteiger partial charge on any atom is -0.353 e. The van der Waals surface area contributed by atoms with Crippen molar-refractivity contribution >= 4 is 11.8 Å². The maximum atomic E-state index is 11.5. The van der Waals surface area contributed by atoms with Crippen molar-refractivity contribution in [3.8, 4) is 0 Å². The van der Waals surface area contributed by atoms with Crippen LogP contribution in [0.4, 0.5) is 0 Å². The van der Waals surface area contributed by atoms with E-state index in [-0.39, 0.29) is 17.5 Å². The zero-order valence-electron chi connectivity index (χ0n) is 7.90. The summed E-state index contributed by atoms with van der Waals surface area (Å²) in [6.07, 6.45) is -0.831. The molecular formula is C8H12N2O3. The van der Waals surface area contributed by atoms with E-state index >= 15 is 0 Å². The van der Waals surface area contributed by atoms with Gasteiger partial charge in [0, 0.05) is 21.2 Å². The van der Waals surface area contributed by atoms with Gasteiger partial charge < -0.3 is 14.5 Å². The summed E-state index contributed by atoms with van der Waals surface area (Å²) in [5.74, 6) is -0.580. The van der Waals surface area contributed by atoms with Gasteiger partial charge in [0.05, 0.1) is 0 Å². The fraction of sp³-hybridized carbons (Fsp3) is 0.500. The topological polar surface area (TPSA) is 49.9 Å². The highest BCUT2D eigenvalue weighted by Crippen LogP contribution is 2.16. The van der Waals surface area contributed by atoms with Crippen molar-refractivity contribution in [2.75, 3.05) is 21.2 Å². The molecule has 1 fully saturated rings. The van der Waals surface area contributed by atoms with E-state index < -0.39 is 6.23 Å². The summed E-state index contributed by atoms with van der Waals surface area (Å²) in [6, 6.07) is 0. The summed E-state index contributed by atoms with van der Waals surface area (Å²) in [7, 11) is 4.39. The van der Waals surface area contributed by atoms with Crippen molar-refractivity contribution < 1.29 is 14.3 Å². The summed E-state index contributed by atoms with van der Waals surface area (Å²) < 4.78 is 4.88. The first kappa shape index (κ1) is 9.73. The molecule has 1 heterocycles. The minimum atomic E-state index is -0.831. The highest BCUT2D eigenvalue weighted by molar-refractivity contribution is 6.03. The van der Waals surface area contributed by atoms with Gasteiger partial charge in [-0.1, -0.05) is 6.58 Å². The second kappa shape index (κ2) is 3.18. The maximum absolute atomic E-state index is 11.5. The molecule has 0 saturated carbocycles. The second-order valence-electron chi connectivity index (χ2n) is 2.85. The number of nitrogens with zero attached hydrogens (tertiary/aromatic N) is 2. The van der Waals surface area contributed by atoms with Crippen molar-refractivity contribution in [2.24, 2.45) is 0 Å². The summed E-state index contributed by atoms with van der Waals surface area (Å²) in [6.45, 7) is 3.50. The summed E-state index contributed by atoms with van der Waals surface area (Å²) in [4.78, 5) is 25.3. The number of rotatable bonds is 1. The Labute approximate surface area is 76.6 Å². The predicted octanol–water partition coefficient (Wildman–Crippen LogP) is -0.597. The third-order valence-corrected chi connectivity index (χ3v) is 2.09. The van der Waals surface area contributed by atoms with Crippen LogP contribution in [-0.4, -0.2) is 49.0 Å². The molecule has 1 atom stereocenters. The molecule has 0 radical (unpaired) electrons. The van der Waals surface area contributed by atoms with E-state index in [1.165, 1.54) is 31.0 Å². The van der Waals surface area contributed by atoms with E-state index in [0.717, 1.165) is 0 Å². The van der Waals surface area contributed by atoms with Crippen LogP contribution >= 0.6 is 0 Å². The molecule has 0 aromatic heterocycles. The second-order valence-corrected chi connectivity index (χ2v) is 2.85. The molecule has 1 saturated heterocycles. The smallest absolute Gasteiger partial charge is 0.277 e. The Balaban J connectivity index is 2.99. The zero-order chi connectivity index (χ0) is 10.2. The van der Waals surface area contributed by atoms with E-state index in [1.54, 1.807) is 0 Å². The Bertz CT molecular complexity index is 275. The van der Waals surface area contributed by atoms with E-state index in [1.807, 2.05) is 0 Å². The molecule has 1 aliphatic heterocycles. The summed E-state index contributed by atoms with van der Waals surface area (Å²) in [5.41, 5.74) is 0.167. The largest absolute Gasteiger partial charge is 0.353 e. The lowest BCUT2D eigenvalue weighted by Crippen LogP contribution is -2.56. The highest BCUT2D eigenvalue weighted by Gasteiger charge is 2.38. The molecule has 13 heavy (non-hydrogen) atoms. The van der Waals surface area contributed by atoms with Gasteiger partial charge in [-0.25, -0.2) is 0 Å². The normalized spacial score (nSPS) is 24.2. The van der Waals surface area contributed by atoms with Crippen molar-refractivity contribution in [3.63, 3.8) is 0 Å². The lowest BCUT2D eigenvalue weighted by atomic mass is 10.2. The van der Waals surface area contributed by atoms with Gasteiger partial charge in [0.1, 0.15) is 5.70 Å². The van der Waals surface area contributed by atoms with Crippen LogP contribution in [-0.2, 0) is 14.3 Å². The number of hydrogen-bond acceptors (Lipinski definition) is 3. The zero-order valence-corrected chi connectivity index (χ0v) is 7.90. The molecule has 5 heteroatoms. The number of hydrogen-bond donors (Lipinski definition) is 0. The SMILES string of the molecule is C=C1C(=O)N(C)C(OC)C(=O)N1C. The Morgan fingerprint density at radius 1 is 1.38 bits per heavy atom. The van der Waals surface area contributed by atoms with Gasteiger partial charge in [0.2, 0.25) is 6.23 Å². The van der Waals surface area contributed by atoms with Gasteiger partial charge in [-0.15, -0.1) is 0 Å². The van der Waals surface area contributed by atoms with Crippen LogP contribution in [0.5, 0.6) is 0 Å². The third-order valence-electron chi connectivity index (χ3n) is 2.09. The quantitative estimate of drug-likeness (QED) is 0.511. The summed E-state index contributed by atoms with van der Waals surface area (Å²) in [5, 5.41) is 0. The number of ether oxygens (including phenoxy) is 1. The van der Waals surface area contributed by atoms with Crippen LogP contribution in [0.15, 0.2) is 12.3 Å². The molecule has 72 valence electrons. The lowest BCUT2D eigenvalue weighted by molar-refractivity contribution is -0.165. The fourth-order valence-electron chi connectivity index (χ4n) is 1.18. The lowest BCUT2D eigenvalue weighted by Gasteiger charge is -2.36. The summed E-state index contributed by atoms with van der Waals surface area (Å²) >= 11 is 0. The molecule has 1 unspecified atom stereocenters. The van der Waals surface area contributed by atoms with E-state index in [9.17, 15) is 9.59 Å². The van der Waals surface area contributed by atoms with Gasteiger partial charge in [-0.2, -0.15) is 0 Å². The molecule has 2 amide bonds. The average Bonchev–Trinajstić information content (AvgIpc) is 2.13. The highest BCUT2D eigenvalue weighted by atomic mass is 16.5. The van der Waals surface area contributed by atoms with Gasteiger partial charge in [0.25, 0.3) is 11.8 Å². The van der Waals surface area contributed by atoms with Crippen molar-refractivity contribution in [3.05, 3.63) is 12.3 Å². The Morgan fingerprint density at radius 2 is 1.92 bits per heavy atom. The van der Waals surface area contributed by atoms with Crippen molar-refractivity contribution in [2.45, 2.75) is 6.23 Å². The van der Waals surface area contributed by atoms with Crippen LogP contribution in [0.2, 0.25) is 0 Å². The van der Waals surface area contributed by atoms with Crippen LogP contribution in [0.3, 0.4) is 0 Å². The number of amides is 2. The molecule has 1 aliphatic rings. The first-order valence-corrected chi connectivity index (χ1v) is 3.77. The van der Waals surface area contributed by atoms with E-state index in [0.29, 0.717) is 0 Å². The number of likely N-dealkylation sites (N-methyl/N-ethyl adjacent to an activating group) is 2. The maximum Gasteiger partial charge on any atom is 0.277 e. The first-order chi connectivity index (χ1) is 6.00. The van der Waals surface area contributed by atoms with Crippen LogP contribution < -0.4 is 0 Å². The third kappa shape index (κ3) is 1.31. The molecule has 5 nitrogen and oxygen atoms in total. The van der Waals surface area contributed by atoms with Crippen LogP contribution in [0, 0.1) is 0 Å².